The Morgan fingerprint density at radius 2 is 2.24 bits per heavy atom. The van der Waals surface area contributed by atoms with E-state index in [0.29, 0.717) is 10.0 Å². The van der Waals surface area contributed by atoms with Crippen molar-refractivity contribution in [2.75, 3.05) is 13.1 Å². The summed E-state index contributed by atoms with van der Waals surface area (Å²) in [5.74, 6) is 0. The molecule has 1 saturated heterocycles. The van der Waals surface area contributed by atoms with Crippen LogP contribution in [0.1, 0.15) is 31.9 Å². The molecule has 17 heavy (non-hydrogen) atoms. The van der Waals surface area contributed by atoms with Gasteiger partial charge in [0.05, 0.1) is 11.7 Å². The summed E-state index contributed by atoms with van der Waals surface area (Å²) in [4.78, 5) is 0. The van der Waals surface area contributed by atoms with Crippen LogP contribution in [0.3, 0.4) is 0 Å². The summed E-state index contributed by atoms with van der Waals surface area (Å²) >= 11 is 12.1. The van der Waals surface area contributed by atoms with Crippen molar-refractivity contribution >= 4 is 23.2 Å². The Labute approximate surface area is 112 Å². The summed E-state index contributed by atoms with van der Waals surface area (Å²) in [6.45, 7) is 5.92. The van der Waals surface area contributed by atoms with Crippen molar-refractivity contribution in [2.45, 2.75) is 32.0 Å². The zero-order valence-corrected chi connectivity index (χ0v) is 11.6. The third kappa shape index (κ3) is 2.94. The molecule has 94 valence electrons. The Morgan fingerprint density at radius 1 is 1.47 bits per heavy atom. The molecule has 2 atom stereocenters. The molecule has 2 unspecified atom stereocenters. The van der Waals surface area contributed by atoms with Gasteiger partial charge in [-0.05, 0) is 25.5 Å². The number of ether oxygens (including phenoxy) is 1. The van der Waals surface area contributed by atoms with Crippen molar-refractivity contribution in [2.24, 2.45) is 0 Å². The number of hydrogen-bond acceptors (Lipinski definition) is 2. The predicted molar refractivity (Wildman–Crippen MR) is 71.9 cm³/mol. The highest BCUT2D eigenvalue weighted by molar-refractivity contribution is 6.35. The minimum absolute atomic E-state index is 0.00142. The normalized spacial score (nSPS) is 29.3. The Bertz CT molecular complexity index is 410. The Balaban J connectivity index is 2.22. The number of nitrogens with one attached hydrogen (secondary N) is 1. The zero-order chi connectivity index (χ0) is 12.5. The maximum Gasteiger partial charge on any atom is 0.0971 e. The molecule has 0 aromatic heterocycles. The minimum Gasteiger partial charge on any atom is -0.365 e. The maximum absolute atomic E-state index is 6.21. The summed E-state index contributed by atoms with van der Waals surface area (Å²) in [7, 11) is 0. The summed E-state index contributed by atoms with van der Waals surface area (Å²) in [5, 5.41) is 4.72. The number of hydrogen-bond donors (Lipinski definition) is 1. The van der Waals surface area contributed by atoms with Gasteiger partial charge in [0.1, 0.15) is 0 Å². The molecule has 1 heterocycles. The van der Waals surface area contributed by atoms with Crippen LogP contribution in [0.5, 0.6) is 0 Å². The van der Waals surface area contributed by atoms with Gasteiger partial charge in [0, 0.05) is 28.7 Å². The lowest BCUT2D eigenvalue weighted by Crippen LogP contribution is -2.48. The zero-order valence-electron chi connectivity index (χ0n) is 10.1. The van der Waals surface area contributed by atoms with E-state index in [1.54, 1.807) is 6.07 Å². The summed E-state index contributed by atoms with van der Waals surface area (Å²) < 4.78 is 6.14. The third-order valence-electron chi connectivity index (χ3n) is 3.31. The van der Waals surface area contributed by atoms with Crippen LogP contribution in [0.4, 0.5) is 0 Å². The van der Waals surface area contributed by atoms with E-state index < -0.39 is 0 Å². The van der Waals surface area contributed by atoms with Crippen LogP contribution < -0.4 is 5.32 Å². The van der Waals surface area contributed by atoms with Crippen LogP contribution in [0.25, 0.3) is 0 Å². The largest absolute Gasteiger partial charge is 0.365 e. The molecular formula is C13H17Cl2NO. The van der Waals surface area contributed by atoms with E-state index in [4.69, 9.17) is 27.9 Å². The van der Waals surface area contributed by atoms with Gasteiger partial charge in [-0.3, -0.25) is 0 Å². The van der Waals surface area contributed by atoms with Crippen LogP contribution in [-0.4, -0.2) is 18.7 Å². The van der Waals surface area contributed by atoms with E-state index in [9.17, 15) is 0 Å². The molecule has 0 aliphatic carbocycles. The highest BCUT2D eigenvalue weighted by Crippen LogP contribution is 2.33. The van der Waals surface area contributed by atoms with Gasteiger partial charge in [-0.25, -0.2) is 0 Å². The van der Waals surface area contributed by atoms with E-state index in [1.165, 1.54) is 0 Å². The first-order chi connectivity index (χ1) is 8.04. The van der Waals surface area contributed by atoms with Gasteiger partial charge >= 0.3 is 0 Å². The lowest BCUT2D eigenvalue weighted by atomic mass is 9.98. The molecule has 2 nitrogen and oxygen atoms in total. The lowest BCUT2D eigenvalue weighted by Gasteiger charge is -2.39. The SMILES string of the molecule is CCC1(C)CNCC(c2ccc(Cl)cc2Cl)O1. The van der Waals surface area contributed by atoms with Crippen LogP contribution in [-0.2, 0) is 4.74 Å². The average molecular weight is 274 g/mol. The summed E-state index contributed by atoms with van der Waals surface area (Å²) in [5.41, 5.74) is 0.884. The molecule has 1 N–H and O–H groups in total. The molecule has 1 aromatic carbocycles. The van der Waals surface area contributed by atoms with Crippen molar-refractivity contribution in [3.8, 4) is 0 Å². The molecule has 4 heteroatoms. The first kappa shape index (κ1) is 13.2. The fourth-order valence-electron chi connectivity index (χ4n) is 2.04. The van der Waals surface area contributed by atoms with E-state index in [0.717, 1.165) is 25.1 Å². The van der Waals surface area contributed by atoms with Crippen LogP contribution in [0.2, 0.25) is 10.0 Å². The Hall–Kier alpha value is -0.280. The standard InChI is InChI=1S/C13H17Cl2NO/c1-3-13(2)8-16-7-12(17-13)10-5-4-9(14)6-11(10)15/h4-6,12,16H,3,7-8H2,1-2H3. The van der Waals surface area contributed by atoms with E-state index >= 15 is 0 Å². The molecule has 1 fully saturated rings. The fourth-order valence-corrected chi connectivity index (χ4v) is 2.57. The van der Waals surface area contributed by atoms with Crippen molar-refractivity contribution in [3.63, 3.8) is 0 Å². The first-order valence-corrected chi connectivity index (χ1v) is 6.63. The highest BCUT2D eigenvalue weighted by atomic mass is 35.5. The monoisotopic (exact) mass is 273 g/mol. The molecule has 0 amide bonds. The highest BCUT2D eigenvalue weighted by Gasteiger charge is 2.32. The predicted octanol–water partition coefficient (Wildman–Crippen LogP) is 3.82. The molecule has 2 rings (SSSR count). The quantitative estimate of drug-likeness (QED) is 0.885. The van der Waals surface area contributed by atoms with Crippen LogP contribution in [0, 0.1) is 0 Å². The molecule has 1 aromatic rings. The second-order valence-electron chi connectivity index (χ2n) is 4.71. The van der Waals surface area contributed by atoms with E-state index in [1.807, 2.05) is 12.1 Å². The Morgan fingerprint density at radius 3 is 2.88 bits per heavy atom. The molecule has 1 aliphatic heterocycles. The van der Waals surface area contributed by atoms with Gasteiger partial charge in [0.15, 0.2) is 0 Å². The number of benzene rings is 1. The van der Waals surface area contributed by atoms with Crippen molar-refractivity contribution < 1.29 is 4.74 Å². The van der Waals surface area contributed by atoms with Gasteiger partial charge in [-0.1, -0.05) is 36.2 Å². The van der Waals surface area contributed by atoms with Gasteiger partial charge in [0.25, 0.3) is 0 Å². The second kappa shape index (κ2) is 5.15. The smallest absolute Gasteiger partial charge is 0.0971 e. The van der Waals surface area contributed by atoms with Gasteiger partial charge in [0.2, 0.25) is 0 Å². The molecule has 0 radical (unpaired) electrons. The average Bonchev–Trinajstić information content (AvgIpc) is 2.29. The van der Waals surface area contributed by atoms with Crippen molar-refractivity contribution in [1.29, 1.82) is 0 Å². The fraction of sp³-hybridized carbons (Fsp3) is 0.538. The van der Waals surface area contributed by atoms with E-state index in [2.05, 4.69) is 19.2 Å². The van der Waals surface area contributed by atoms with Crippen molar-refractivity contribution in [3.05, 3.63) is 33.8 Å². The van der Waals surface area contributed by atoms with E-state index in [-0.39, 0.29) is 11.7 Å². The van der Waals surface area contributed by atoms with Crippen LogP contribution in [0.15, 0.2) is 18.2 Å². The summed E-state index contributed by atoms with van der Waals surface area (Å²) in [6.07, 6.45) is 0.972. The van der Waals surface area contributed by atoms with Gasteiger partial charge in [-0.2, -0.15) is 0 Å². The molecule has 0 spiro atoms. The van der Waals surface area contributed by atoms with Gasteiger partial charge in [-0.15, -0.1) is 0 Å². The molecule has 1 aliphatic rings. The Kier molecular flexibility index (Phi) is 3.99. The number of morpholine rings is 1. The van der Waals surface area contributed by atoms with Gasteiger partial charge < -0.3 is 10.1 Å². The first-order valence-electron chi connectivity index (χ1n) is 5.87. The molecule has 0 saturated carbocycles. The second-order valence-corrected chi connectivity index (χ2v) is 5.55. The summed E-state index contributed by atoms with van der Waals surface area (Å²) in [6, 6.07) is 5.56. The van der Waals surface area contributed by atoms with Crippen molar-refractivity contribution in [1.82, 2.24) is 5.32 Å². The molecular weight excluding hydrogens is 257 g/mol. The minimum atomic E-state index is -0.119. The topological polar surface area (TPSA) is 21.3 Å². The number of halogens is 2. The third-order valence-corrected chi connectivity index (χ3v) is 3.88. The maximum atomic E-state index is 6.21. The number of rotatable bonds is 2. The van der Waals surface area contributed by atoms with Crippen LogP contribution >= 0.6 is 23.2 Å². The molecule has 0 bridgehead atoms. The lowest BCUT2D eigenvalue weighted by molar-refractivity contribution is -0.109.